The van der Waals surface area contributed by atoms with Crippen molar-refractivity contribution in [3.05, 3.63) is 35.9 Å². The number of carbonyl (C=O) groups excluding carboxylic acids is 1. The van der Waals surface area contributed by atoms with Crippen LogP contribution in [0.25, 0.3) is 0 Å². The maximum absolute atomic E-state index is 12.0. The fourth-order valence-corrected chi connectivity index (χ4v) is 3.37. The maximum atomic E-state index is 12.0. The molecule has 132 valence electrons. The van der Waals surface area contributed by atoms with Crippen LogP contribution in [0.3, 0.4) is 0 Å². The summed E-state index contributed by atoms with van der Waals surface area (Å²) in [5.41, 5.74) is 0.943. The van der Waals surface area contributed by atoms with Crippen LogP contribution in [0.1, 0.15) is 38.7 Å². The van der Waals surface area contributed by atoms with Gasteiger partial charge in [0.25, 0.3) is 0 Å². The largest absolute Gasteiger partial charge is 0.445 e. The molecule has 1 saturated carbocycles. The Hall–Kier alpha value is -1.63. The van der Waals surface area contributed by atoms with Crippen LogP contribution in [-0.2, 0) is 20.8 Å². The highest BCUT2D eigenvalue weighted by atomic mass is 16.8. The van der Waals surface area contributed by atoms with Crippen molar-refractivity contribution >= 4 is 6.09 Å². The SMILES string of the molecule is CC1(C)O[C@H]2C[C@@H](NC(=O)OCc3ccccc3)CCC(O)[C@@H]2O1. The molecule has 6 heteroatoms. The predicted octanol–water partition coefficient (Wildman–Crippen LogP) is 2.35. The maximum Gasteiger partial charge on any atom is 0.407 e. The monoisotopic (exact) mass is 335 g/mol. The number of aliphatic hydroxyl groups is 1. The highest BCUT2D eigenvalue weighted by molar-refractivity contribution is 5.67. The number of amides is 1. The molecule has 1 aliphatic heterocycles. The van der Waals surface area contributed by atoms with Crippen LogP contribution >= 0.6 is 0 Å². The van der Waals surface area contributed by atoms with E-state index in [9.17, 15) is 9.90 Å². The normalized spacial score (nSPS) is 31.8. The molecule has 0 aromatic heterocycles. The van der Waals surface area contributed by atoms with Crippen molar-refractivity contribution in [3.63, 3.8) is 0 Å². The average Bonchev–Trinajstić information content (AvgIpc) is 2.78. The second-order valence-corrected chi connectivity index (χ2v) is 6.92. The summed E-state index contributed by atoms with van der Waals surface area (Å²) >= 11 is 0. The molecule has 1 unspecified atom stereocenters. The number of nitrogens with one attached hydrogen (secondary N) is 1. The molecular weight excluding hydrogens is 310 g/mol. The zero-order valence-electron chi connectivity index (χ0n) is 14.1. The van der Waals surface area contributed by atoms with Crippen molar-refractivity contribution in [1.29, 1.82) is 0 Å². The summed E-state index contributed by atoms with van der Waals surface area (Å²) in [6, 6.07) is 9.44. The molecule has 0 spiro atoms. The number of alkyl carbamates (subject to hydrolysis) is 1. The lowest BCUT2D eigenvalue weighted by Crippen LogP contribution is -2.38. The number of ether oxygens (including phenoxy) is 3. The van der Waals surface area contributed by atoms with Gasteiger partial charge < -0.3 is 24.6 Å². The second-order valence-electron chi connectivity index (χ2n) is 6.92. The van der Waals surface area contributed by atoms with Gasteiger partial charge in [0.15, 0.2) is 5.79 Å². The van der Waals surface area contributed by atoms with Gasteiger partial charge in [0.2, 0.25) is 0 Å². The van der Waals surface area contributed by atoms with Crippen LogP contribution < -0.4 is 5.32 Å². The van der Waals surface area contributed by atoms with Crippen LogP contribution in [0.4, 0.5) is 4.79 Å². The molecule has 0 bridgehead atoms. The molecule has 24 heavy (non-hydrogen) atoms. The van der Waals surface area contributed by atoms with Gasteiger partial charge in [-0.3, -0.25) is 0 Å². The molecule has 2 aliphatic rings. The number of hydrogen-bond donors (Lipinski definition) is 2. The summed E-state index contributed by atoms with van der Waals surface area (Å²) in [4.78, 5) is 12.0. The third-order valence-corrected chi connectivity index (χ3v) is 4.46. The fraction of sp³-hybridized carbons (Fsp3) is 0.611. The first-order chi connectivity index (χ1) is 11.4. The number of benzene rings is 1. The molecular formula is C18H25NO5. The van der Waals surface area contributed by atoms with E-state index in [0.29, 0.717) is 19.3 Å². The van der Waals surface area contributed by atoms with Gasteiger partial charge in [-0.1, -0.05) is 30.3 Å². The lowest BCUT2D eigenvalue weighted by Gasteiger charge is -2.21. The fourth-order valence-electron chi connectivity index (χ4n) is 3.37. The van der Waals surface area contributed by atoms with E-state index in [-0.39, 0.29) is 24.9 Å². The molecule has 6 nitrogen and oxygen atoms in total. The standard InChI is InChI=1S/C18H25NO5/c1-18(2)23-15-10-13(8-9-14(20)16(15)24-18)19-17(21)22-11-12-6-4-3-5-7-12/h3-7,13-16,20H,8-11H2,1-2H3,(H,19,21)/t13-,14?,15-,16-/m0/s1. The zero-order valence-corrected chi connectivity index (χ0v) is 14.1. The van der Waals surface area contributed by atoms with Crippen molar-refractivity contribution in [2.24, 2.45) is 0 Å². The van der Waals surface area contributed by atoms with Crippen LogP contribution in [0.2, 0.25) is 0 Å². The van der Waals surface area contributed by atoms with Crippen molar-refractivity contribution in [2.75, 3.05) is 0 Å². The number of hydrogen-bond acceptors (Lipinski definition) is 5. The highest BCUT2D eigenvalue weighted by Gasteiger charge is 2.47. The highest BCUT2D eigenvalue weighted by Crippen LogP contribution is 2.36. The van der Waals surface area contributed by atoms with Crippen molar-refractivity contribution in [2.45, 2.75) is 69.9 Å². The minimum absolute atomic E-state index is 0.101. The summed E-state index contributed by atoms with van der Waals surface area (Å²) in [5.74, 6) is -0.702. The number of rotatable bonds is 3. The van der Waals surface area contributed by atoms with Crippen molar-refractivity contribution < 1.29 is 24.1 Å². The zero-order chi connectivity index (χ0) is 17.2. The average molecular weight is 335 g/mol. The Morgan fingerprint density at radius 1 is 1.29 bits per heavy atom. The van der Waals surface area contributed by atoms with Crippen molar-refractivity contribution in [3.8, 4) is 0 Å². The van der Waals surface area contributed by atoms with E-state index in [0.717, 1.165) is 5.56 Å². The molecule has 1 heterocycles. The first-order valence-electron chi connectivity index (χ1n) is 8.44. The Kier molecular flexibility index (Phi) is 5.08. The smallest absolute Gasteiger partial charge is 0.407 e. The van der Waals surface area contributed by atoms with Gasteiger partial charge in [-0.15, -0.1) is 0 Å². The topological polar surface area (TPSA) is 77.0 Å². The summed E-state index contributed by atoms with van der Waals surface area (Å²) < 4.78 is 16.9. The lowest BCUT2D eigenvalue weighted by molar-refractivity contribution is -0.157. The molecule has 3 rings (SSSR count). The first kappa shape index (κ1) is 17.2. The molecule has 2 fully saturated rings. The van der Waals surface area contributed by atoms with Gasteiger partial charge >= 0.3 is 6.09 Å². The summed E-state index contributed by atoms with van der Waals surface area (Å²) in [5, 5.41) is 13.1. The first-order valence-corrected chi connectivity index (χ1v) is 8.44. The molecule has 1 aromatic rings. The summed E-state index contributed by atoms with van der Waals surface area (Å²) in [6.45, 7) is 3.91. The van der Waals surface area contributed by atoms with E-state index in [1.54, 1.807) is 0 Å². The Labute approximate surface area is 142 Å². The number of fused-ring (bicyclic) bond motifs is 1. The molecule has 2 N–H and O–H groups in total. The minimum Gasteiger partial charge on any atom is -0.445 e. The van der Waals surface area contributed by atoms with E-state index >= 15 is 0 Å². The van der Waals surface area contributed by atoms with Gasteiger partial charge in [-0.05, 0) is 38.7 Å². The van der Waals surface area contributed by atoms with E-state index < -0.39 is 18.0 Å². The van der Waals surface area contributed by atoms with Crippen LogP contribution in [0.15, 0.2) is 30.3 Å². The van der Waals surface area contributed by atoms with E-state index in [2.05, 4.69) is 5.32 Å². The summed E-state index contributed by atoms with van der Waals surface area (Å²) in [6.07, 6.45) is 0.236. The quantitative estimate of drug-likeness (QED) is 0.887. The van der Waals surface area contributed by atoms with Crippen molar-refractivity contribution in [1.82, 2.24) is 5.32 Å². The summed E-state index contributed by atoms with van der Waals surface area (Å²) in [7, 11) is 0. The van der Waals surface area contributed by atoms with E-state index in [1.165, 1.54) is 0 Å². The molecule has 4 atom stereocenters. The van der Waals surface area contributed by atoms with Gasteiger partial charge in [0, 0.05) is 6.04 Å². The molecule has 1 saturated heterocycles. The van der Waals surface area contributed by atoms with Gasteiger partial charge in [-0.2, -0.15) is 0 Å². The lowest BCUT2D eigenvalue weighted by atomic mass is 10.1. The van der Waals surface area contributed by atoms with Gasteiger partial charge in [0.05, 0.1) is 12.2 Å². The van der Waals surface area contributed by atoms with Gasteiger partial charge in [0.1, 0.15) is 12.7 Å². The van der Waals surface area contributed by atoms with Crippen LogP contribution in [0.5, 0.6) is 0 Å². The molecule has 0 radical (unpaired) electrons. The molecule has 1 aromatic carbocycles. The van der Waals surface area contributed by atoms with Crippen LogP contribution in [0, 0.1) is 0 Å². The second kappa shape index (κ2) is 7.09. The number of aliphatic hydroxyl groups excluding tert-OH is 1. The molecule has 1 aliphatic carbocycles. The van der Waals surface area contributed by atoms with Gasteiger partial charge in [-0.25, -0.2) is 4.79 Å². The molecule has 1 amide bonds. The third-order valence-electron chi connectivity index (χ3n) is 4.46. The van der Waals surface area contributed by atoms with Crippen LogP contribution in [-0.4, -0.2) is 41.3 Å². The Morgan fingerprint density at radius 2 is 2.04 bits per heavy atom. The predicted molar refractivity (Wildman–Crippen MR) is 87.2 cm³/mol. The third kappa shape index (κ3) is 4.26. The Morgan fingerprint density at radius 3 is 2.79 bits per heavy atom. The van der Waals surface area contributed by atoms with E-state index in [1.807, 2.05) is 44.2 Å². The van der Waals surface area contributed by atoms with E-state index in [4.69, 9.17) is 14.2 Å². The Bertz CT molecular complexity index is 562. The number of carbonyl (C=O) groups is 1. The minimum atomic E-state index is -0.702. The Balaban J connectivity index is 1.52.